The van der Waals surface area contributed by atoms with Crippen molar-refractivity contribution in [1.82, 2.24) is 9.97 Å². The van der Waals surface area contributed by atoms with Crippen LogP contribution in [-0.2, 0) is 6.42 Å². The Balaban J connectivity index is 2.66. The molecule has 20 heavy (non-hydrogen) atoms. The van der Waals surface area contributed by atoms with Crippen LogP contribution in [0, 0.1) is 5.82 Å². The molecule has 4 nitrogen and oxygen atoms in total. The van der Waals surface area contributed by atoms with E-state index >= 15 is 0 Å². The van der Waals surface area contributed by atoms with Gasteiger partial charge in [0.1, 0.15) is 12.1 Å². The number of benzene rings is 1. The van der Waals surface area contributed by atoms with Crippen LogP contribution in [0.3, 0.4) is 0 Å². The molecule has 0 atom stereocenters. The number of oxime groups is 1. The summed E-state index contributed by atoms with van der Waals surface area (Å²) in [5.41, 5.74) is 1.44. The van der Waals surface area contributed by atoms with E-state index in [1.165, 1.54) is 12.4 Å². The number of aryl methyl sites for hydroxylation is 1. The molecule has 104 valence electrons. The van der Waals surface area contributed by atoms with Crippen LogP contribution in [0.1, 0.15) is 18.2 Å². The predicted octanol–water partition coefficient (Wildman–Crippen LogP) is 3.96. The molecule has 0 saturated heterocycles. The van der Waals surface area contributed by atoms with Crippen LogP contribution in [0.5, 0.6) is 0 Å². The van der Waals surface area contributed by atoms with Crippen molar-refractivity contribution in [3.63, 3.8) is 0 Å². The normalized spacial score (nSPS) is 11.2. The topological polar surface area (TPSA) is 58.4 Å². The highest BCUT2D eigenvalue weighted by Gasteiger charge is 2.16. The van der Waals surface area contributed by atoms with Gasteiger partial charge in [0.25, 0.3) is 0 Å². The van der Waals surface area contributed by atoms with E-state index in [2.05, 4.69) is 15.1 Å². The molecule has 0 bridgehead atoms. The summed E-state index contributed by atoms with van der Waals surface area (Å²) in [5, 5.41) is 11.9. The van der Waals surface area contributed by atoms with E-state index in [-0.39, 0.29) is 16.3 Å². The predicted molar refractivity (Wildman–Crippen MR) is 76.2 cm³/mol. The highest BCUT2D eigenvalue weighted by Crippen LogP contribution is 2.32. The second-order valence-corrected chi connectivity index (χ2v) is 4.72. The molecule has 2 aromatic rings. The van der Waals surface area contributed by atoms with E-state index in [4.69, 9.17) is 28.4 Å². The summed E-state index contributed by atoms with van der Waals surface area (Å²) in [5.74, 6) is -0.562. The second kappa shape index (κ2) is 6.15. The Morgan fingerprint density at radius 3 is 2.75 bits per heavy atom. The van der Waals surface area contributed by atoms with E-state index in [0.717, 1.165) is 12.3 Å². The lowest BCUT2D eigenvalue weighted by Gasteiger charge is -2.09. The molecule has 0 spiro atoms. The van der Waals surface area contributed by atoms with Gasteiger partial charge in [0.2, 0.25) is 0 Å². The van der Waals surface area contributed by atoms with Crippen LogP contribution in [-0.4, -0.2) is 21.4 Å². The maximum absolute atomic E-state index is 14.1. The molecule has 1 aromatic heterocycles. The van der Waals surface area contributed by atoms with Crippen LogP contribution in [0.2, 0.25) is 10.0 Å². The molecule has 1 heterocycles. The Morgan fingerprint density at radius 2 is 2.10 bits per heavy atom. The van der Waals surface area contributed by atoms with Crippen molar-refractivity contribution < 1.29 is 9.60 Å². The second-order valence-electron chi connectivity index (χ2n) is 3.93. The third kappa shape index (κ3) is 2.73. The van der Waals surface area contributed by atoms with Gasteiger partial charge in [0, 0.05) is 11.1 Å². The highest BCUT2D eigenvalue weighted by molar-refractivity contribution is 6.34. The lowest BCUT2D eigenvalue weighted by atomic mass is 10.1. The molecule has 7 heteroatoms. The van der Waals surface area contributed by atoms with Crippen molar-refractivity contribution in [1.29, 1.82) is 0 Å². The third-order valence-corrected chi connectivity index (χ3v) is 3.46. The summed E-state index contributed by atoms with van der Waals surface area (Å²) in [7, 11) is 0. The first-order valence-electron chi connectivity index (χ1n) is 5.74. The van der Waals surface area contributed by atoms with E-state index in [1.54, 1.807) is 0 Å². The summed E-state index contributed by atoms with van der Waals surface area (Å²) in [4.78, 5) is 8.05. The fourth-order valence-electron chi connectivity index (χ4n) is 1.75. The Morgan fingerprint density at radius 1 is 1.35 bits per heavy atom. The molecule has 0 aliphatic carbocycles. The minimum atomic E-state index is -0.562. The van der Waals surface area contributed by atoms with E-state index in [1.807, 2.05) is 6.92 Å². The maximum Gasteiger partial charge on any atom is 0.134 e. The van der Waals surface area contributed by atoms with Crippen molar-refractivity contribution in [3.05, 3.63) is 45.6 Å². The first-order chi connectivity index (χ1) is 9.58. The Kier molecular flexibility index (Phi) is 4.52. The molecule has 0 unspecified atom stereocenters. The minimum absolute atomic E-state index is 0.130. The van der Waals surface area contributed by atoms with Gasteiger partial charge < -0.3 is 5.21 Å². The SMILES string of the molecule is CCc1ncnc(-c2cc(/C=N/O)c(Cl)cc2F)c1Cl. The summed E-state index contributed by atoms with van der Waals surface area (Å²) in [6.07, 6.45) is 3.05. The van der Waals surface area contributed by atoms with Gasteiger partial charge in [-0.2, -0.15) is 0 Å². The average molecular weight is 314 g/mol. The number of hydrogen-bond acceptors (Lipinski definition) is 4. The van der Waals surface area contributed by atoms with Crippen molar-refractivity contribution in [2.45, 2.75) is 13.3 Å². The zero-order valence-corrected chi connectivity index (χ0v) is 12.0. The Hall–Kier alpha value is -1.72. The minimum Gasteiger partial charge on any atom is -0.411 e. The van der Waals surface area contributed by atoms with E-state index < -0.39 is 5.82 Å². The molecule has 2 rings (SSSR count). The molecule has 0 amide bonds. The van der Waals surface area contributed by atoms with Crippen molar-refractivity contribution in [2.75, 3.05) is 0 Å². The summed E-state index contributed by atoms with van der Waals surface area (Å²) >= 11 is 12.0. The summed E-state index contributed by atoms with van der Waals surface area (Å²) in [6, 6.07) is 2.54. The van der Waals surface area contributed by atoms with Gasteiger partial charge in [-0.3, -0.25) is 0 Å². The van der Waals surface area contributed by atoms with Crippen LogP contribution in [0.25, 0.3) is 11.3 Å². The number of rotatable bonds is 3. The van der Waals surface area contributed by atoms with Crippen molar-refractivity contribution in [2.24, 2.45) is 5.16 Å². The fraction of sp³-hybridized carbons (Fsp3) is 0.154. The molecule has 0 aliphatic rings. The van der Waals surface area contributed by atoms with Gasteiger partial charge in [0.15, 0.2) is 0 Å². The molecule has 0 aliphatic heterocycles. The number of halogens is 3. The van der Waals surface area contributed by atoms with Gasteiger partial charge in [-0.15, -0.1) is 0 Å². The third-order valence-electron chi connectivity index (χ3n) is 2.73. The average Bonchev–Trinajstić information content (AvgIpc) is 2.43. The molecule has 1 N–H and O–H groups in total. The van der Waals surface area contributed by atoms with Gasteiger partial charge in [0.05, 0.1) is 27.6 Å². The van der Waals surface area contributed by atoms with Gasteiger partial charge in [-0.25, -0.2) is 14.4 Å². The monoisotopic (exact) mass is 313 g/mol. The summed E-state index contributed by atoms with van der Waals surface area (Å²) < 4.78 is 14.1. The van der Waals surface area contributed by atoms with Gasteiger partial charge >= 0.3 is 0 Å². The molecular weight excluding hydrogens is 304 g/mol. The quantitative estimate of drug-likeness (QED) is 0.530. The first kappa shape index (κ1) is 14.7. The Bertz CT molecular complexity index is 677. The molecule has 0 fully saturated rings. The number of aromatic nitrogens is 2. The molecule has 1 aromatic carbocycles. The van der Waals surface area contributed by atoms with Crippen LogP contribution >= 0.6 is 23.2 Å². The van der Waals surface area contributed by atoms with Gasteiger partial charge in [-0.05, 0) is 18.6 Å². The largest absolute Gasteiger partial charge is 0.411 e. The smallest absolute Gasteiger partial charge is 0.134 e. The Labute approximate surface area is 124 Å². The molecular formula is C13H10Cl2FN3O. The lowest BCUT2D eigenvalue weighted by molar-refractivity contribution is 0.322. The van der Waals surface area contributed by atoms with Crippen LogP contribution in [0.15, 0.2) is 23.6 Å². The number of nitrogens with zero attached hydrogens (tertiary/aromatic N) is 3. The number of hydrogen-bond donors (Lipinski definition) is 1. The van der Waals surface area contributed by atoms with Gasteiger partial charge in [-0.1, -0.05) is 35.3 Å². The molecule has 0 radical (unpaired) electrons. The highest BCUT2D eigenvalue weighted by atomic mass is 35.5. The van der Waals surface area contributed by atoms with Crippen LogP contribution in [0.4, 0.5) is 4.39 Å². The maximum atomic E-state index is 14.1. The van der Waals surface area contributed by atoms with E-state index in [0.29, 0.717) is 22.7 Å². The fourth-order valence-corrected chi connectivity index (χ4v) is 2.28. The first-order valence-corrected chi connectivity index (χ1v) is 6.50. The zero-order chi connectivity index (χ0) is 14.7. The lowest BCUT2D eigenvalue weighted by Crippen LogP contribution is -1.98. The van der Waals surface area contributed by atoms with E-state index in [9.17, 15) is 4.39 Å². The zero-order valence-electron chi connectivity index (χ0n) is 10.4. The summed E-state index contributed by atoms with van der Waals surface area (Å²) in [6.45, 7) is 1.89. The van der Waals surface area contributed by atoms with Crippen molar-refractivity contribution >= 4 is 29.4 Å². The van der Waals surface area contributed by atoms with Crippen LogP contribution < -0.4 is 0 Å². The molecule has 0 saturated carbocycles. The standard InChI is InChI=1S/C13H10Cl2FN3O/c1-2-11-12(15)13(18-6-17-11)8-3-7(5-19-20)9(14)4-10(8)16/h3-6,20H,2H2,1H3/b19-5+. The van der Waals surface area contributed by atoms with Crippen molar-refractivity contribution in [3.8, 4) is 11.3 Å².